The number of rotatable bonds is 1. The molecule has 0 aromatic rings. The smallest absolute Gasteiger partial charge is 0.223 e. The molecule has 0 saturated carbocycles. The van der Waals surface area contributed by atoms with Crippen molar-refractivity contribution >= 4 is 20.6 Å². The first-order valence-corrected chi connectivity index (χ1v) is 3.54. The summed E-state index contributed by atoms with van der Waals surface area (Å²) in [5.74, 6) is 0. The van der Waals surface area contributed by atoms with Gasteiger partial charge in [0.1, 0.15) is 0 Å². The third-order valence-electron chi connectivity index (χ3n) is 1.14. The molecule has 52 valence electrons. The van der Waals surface area contributed by atoms with Gasteiger partial charge in [0.2, 0.25) is 4.69 Å². The van der Waals surface area contributed by atoms with Crippen molar-refractivity contribution in [2.45, 2.75) is 20.8 Å². The molecule has 0 aromatic carbocycles. The zero-order valence-electron chi connectivity index (χ0n) is 5.99. The Morgan fingerprint density at radius 3 is 1.78 bits per heavy atom. The molecule has 0 amide bonds. The van der Waals surface area contributed by atoms with Crippen molar-refractivity contribution < 1.29 is 4.79 Å². The van der Waals surface area contributed by atoms with Crippen LogP contribution in [0.15, 0.2) is 12.2 Å². The molecule has 0 heterocycles. The molecule has 2 heteroatoms. The van der Waals surface area contributed by atoms with Crippen LogP contribution in [0.25, 0.3) is 0 Å². The number of allylic oxidation sites excluding steroid dienone is 1. The third-order valence-corrected chi connectivity index (χ3v) is 1.62. The highest BCUT2D eigenvalue weighted by atomic mass is 79.9. The summed E-state index contributed by atoms with van der Waals surface area (Å²) in [6.45, 7) is 9.49. The molecule has 0 N–H and O–H groups in total. The Kier molecular flexibility index (Phi) is 2.62. The molecule has 0 bridgehead atoms. The van der Waals surface area contributed by atoms with Crippen molar-refractivity contribution in [2.75, 3.05) is 0 Å². The lowest BCUT2D eigenvalue weighted by atomic mass is 9.89. The van der Waals surface area contributed by atoms with E-state index < -0.39 is 0 Å². The van der Waals surface area contributed by atoms with Crippen molar-refractivity contribution in [1.82, 2.24) is 0 Å². The van der Waals surface area contributed by atoms with Gasteiger partial charge in [-0.25, -0.2) is 0 Å². The Hall–Kier alpha value is -0.110. The standard InChI is InChI=1S/C7H11BrO/c1-5(6(8)9)7(2,3)4/h1H2,2-4H3. The summed E-state index contributed by atoms with van der Waals surface area (Å²) >= 11 is 2.84. The molecular formula is C7H11BrO. The second-order valence-electron chi connectivity index (χ2n) is 3.00. The Balaban J connectivity index is 4.23. The van der Waals surface area contributed by atoms with Gasteiger partial charge in [0.15, 0.2) is 0 Å². The molecule has 1 nitrogen and oxygen atoms in total. The lowest BCUT2D eigenvalue weighted by Gasteiger charge is -2.17. The summed E-state index contributed by atoms with van der Waals surface area (Å²) in [7, 11) is 0. The number of hydrogen-bond donors (Lipinski definition) is 0. The van der Waals surface area contributed by atoms with Gasteiger partial charge in [0.05, 0.1) is 0 Å². The van der Waals surface area contributed by atoms with E-state index >= 15 is 0 Å². The van der Waals surface area contributed by atoms with Crippen LogP contribution in [0.4, 0.5) is 0 Å². The van der Waals surface area contributed by atoms with Crippen molar-refractivity contribution in [1.29, 1.82) is 0 Å². The minimum Gasteiger partial charge on any atom is -0.281 e. The first-order chi connectivity index (χ1) is 3.85. The highest BCUT2D eigenvalue weighted by Crippen LogP contribution is 2.25. The number of carbonyl (C=O) groups excluding carboxylic acids is 1. The van der Waals surface area contributed by atoms with Crippen LogP contribution < -0.4 is 0 Å². The molecule has 0 spiro atoms. The van der Waals surface area contributed by atoms with Gasteiger partial charge in [0, 0.05) is 5.57 Å². The van der Waals surface area contributed by atoms with E-state index in [0.717, 1.165) is 0 Å². The largest absolute Gasteiger partial charge is 0.281 e. The van der Waals surface area contributed by atoms with Gasteiger partial charge in [0.25, 0.3) is 0 Å². The van der Waals surface area contributed by atoms with E-state index in [-0.39, 0.29) is 10.1 Å². The summed E-state index contributed by atoms with van der Waals surface area (Å²) in [6, 6.07) is 0. The number of carbonyl (C=O) groups is 1. The van der Waals surface area contributed by atoms with Crippen molar-refractivity contribution in [3.63, 3.8) is 0 Å². The molecular weight excluding hydrogens is 180 g/mol. The van der Waals surface area contributed by atoms with Crippen molar-refractivity contribution in [2.24, 2.45) is 5.41 Å². The number of hydrogen-bond acceptors (Lipinski definition) is 1. The lowest BCUT2D eigenvalue weighted by Crippen LogP contribution is -2.12. The zero-order valence-corrected chi connectivity index (χ0v) is 7.58. The van der Waals surface area contributed by atoms with Crippen LogP contribution in [-0.4, -0.2) is 4.69 Å². The molecule has 0 atom stereocenters. The molecule has 0 aliphatic rings. The molecule has 0 rings (SSSR count). The Morgan fingerprint density at radius 1 is 1.44 bits per heavy atom. The summed E-state index contributed by atoms with van der Waals surface area (Å²) in [6.07, 6.45) is 0. The van der Waals surface area contributed by atoms with Gasteiger partial charge < -0.3 is 0 Å². The highest BCUT2D eigenvalue weighted by Gasteiger charge is 2.18. The van der Waals surface area contributed by atoms with Gasteiger partial charge in [-0.2, -0.15) is 0 Å². The normalized spacial score (nSPS) is 11.1. The average molecular weight is 191 g/mol. The highest BCUT2D eigenvalue weighted by molar-refractivity contribution is 9.18. The predicted molar refractivity (Wildman–Crippen MR) is 42.5 cm³/mol. The molecule has 0 unspecified atom stereocenters. The quantitative estimate of drug-likeness (QED) is 0.459. The fourth-order valence-corrected chi connectivity index (χ4v) is 0.890. The van der Waals surface area contributed by atoms with Gasteiger partial charge in [-0.05, 0) is 21.3 Å². The SMILES string of the molecule is C=C(C(=O)Br)C(C)(C)C. The van der Waals surface area contributed by atoms with E-state index in [1.807, 2.05) is 20.8 Å². The molecule has 0 aliphatic heterocycles. The second-order valence-corrected chi connectivity index (χ2v) is 3.72. The van der Waals surface area contributed by atoms with Gasteiger partial charge in [-0.1, -0.05) is 27.4 Å². The van der Waals surface area contributed by atoms with Crippen LogP contribution >= 0.6 is 15.9 Å². The maximum absolute atomic E-state index is 10.6. The van der Waals surface area contributed by atoms with Crippen LogP contribution in [0.1, 0.15) is 20.8 Å². The molecule has 0 fully saturated rings. The minimum absolute atomic E-state index is 0.102. The monoisotopic (exact) mass is 190 g/mol. The Labute approximate surface area is 64.3 Å². The van der Waals surface area contributed by atoms with E-state index in [9.17, 15) is 4.79 Å². The Bertz CT molecular complexity index is 141. The van der Waals surface area contributed by atoms with Crippen LogP contribution in [0.5, 0.6) is 0 Å². The van der Waals surface area contributed by atoms with Crippen molar-refractivity contribution in [3.8, 4) is 0 Å². The summed E-state index contributed by atoms with van der Waals surface area (Å²) in [5, 5.41) is 0. The third kappa shape index (κ3) is 2.80. The lowest BCUT2D eigenvalue weighted by molar-refractivity contribution is -0.108. The second kappa shape index (κ2) is 2.65. The fourth-order valence-electron chi connectivity index (χ4n) is 0.295. The van der Waals surface area contributed by atoms with Crippen molar-refractivity contribution in [3.05, 3.63) is 12.2 Å². The van der Waals surface area contributed by atoms with Crippen LogP contribution in [-0.2, 0) is 4.79 Å². The Morgan fingerprint density at radius 2 is 1.78 bits per heavy atom. The average Bonchev–Trinajstić information content (AvgIpc) is 1.62. The topological polar surface area (TPSA) is 17.1 Å². The van der Waals surface area contributed by atoms with Gasteiger partial charge in [-0.15, -0.1) is 0 Å². The molecule has 0 saturated heterocycles. The van der Waals surface area contributed by atoms with E-state index in [0.29, 0.717) is 5.57 Å². The predicted octanol–water partition coefficient (Wildman–Crippen LogP) is 2.51. The summed E-state index contributed by atoms with van der Waals surface area (Å²) < 4.78 is -0.102. The van der Waals surface area contributed by atoms with Gasteiger partial charge in [-0.3, -0.25) is 4.79 Å². The first kappa shape index (κ1) is 8.89. The van der Waals surface area contributed by atoms with E-state index in [1.165, 1.54) is 0 Å². The van der Waals surface area contributed by atoms with E-state index in [2.05, 4.69) is 22.5 Å². The van der Waals surface area contributed by atoms with E-state index in [1.54, 1.807) is 0 Å². The molecule has 9 heavy (non-hydrogen) atoms. The summed E-state index contributed by atoms with van der Waals surface area (Å²) in [4.78, 5) is 10.6. The maximum atomic E-state index is 10.6. The van der Waals surface area contributed by atoms with Crippen LogP contribution in [0.3, 0.4) is 0 Å². The van der Waals surface area contributed by atoms with Crippen LogP contribution in [0, 0.1) is 5.41 Å². The fraction of sp³-hybridized carbons (Fsp3) is 0.571. The van der Waals surface area contributed by atoms with Crippen LogP contribution in [0.2, 0.25) is 0 Å². The zero-order chi connectivity index (χ0) is 7.65. The molecule has 0 aromatic heterocycles. The maximum Gasteiger partial charge on any atom is 0.223 e. The first-order valence-electron chi connectivity index (χ1n) is 2.75. The van der Waals surface area contributed by atoms with E-state index in [4.69, 9.17) is 0 Å². The number of halogens is 1. The molecule has 0 radical (unpaired) electrons. The minimum atomic E-state index is -0.111. The van der Waals surface area contributed by atoms with Gasteiger partial charge >= 0.3 is 0 Å². The molecule has 0 aliphatic carbocycles. The summed E-state index contributed by atoms with van der Waals surface area (Å²) in [5.41, 5.74) is 0.503.